The smallest absolute Gasteiger partial charge is 0.333 e. The maximum Gasteiger partial charge on any atom is 0.333 e. The summed E-state index contributed by atoms with van der Waals surface area (Å²) in [7, 11) is 0. The third-order valence-corrected chi connectivity index (χ3v) is 8.11. The summed E-state index contributed by atoms with van der Waals surface area (Å²) < 4.78 is 58.4. The first kappa shape index (κ1) is 44.6. The van der Waals surface area contributed by atoms with E-state index in [-0.39, 0.29) is 47.5 Å². The van der Waals surface area contributed by atoms with Crippen molar-refractivity contribution in [3.05, 3.63) is 77.4 Å². The molecular weight excluding hydrogens is 702 g/mol. The number of nitriles is 2. The Labute approximate surface area is 315 Å². The molecule has 0 spiro atoms. The van der Waals surface area contributed by atoms with Gasteiger partial charge >= 0.3 is 23.9 Å². The van der Waals surface area contributed by atoms with E-state index in [0.29, 0.717) is 17.5 Å². The van der Waals surface area contributed by atoms with Gasteiger partial charge in [0.1, 0.15) is 62.1 Å². The predicted octanol–water partition coefficient (Wildman–Crippen LogP) is 7.59. The van der Waals surface area contributed by atoms with Gasteiger partial charge in [0, 0.05) is 11.1 Å². The molecule has 2 rings (SSSR count). The summed E-state index contributed by atoms with van der Waals surface area (Å²) >= 11 is 0. The molecule has 54 heavy (non-hydrogen) atoms. The van der Waals surface area contributed by atoms with Crippen LogP contribution in [-0.4, -0.2) is 56.9 Å². The molecule has 0 amide bonds. The number of aryl methyl sites for hydroxylation is 2. The van der Waals surface area contributed by atoms with Gasteiger partial charge in [-0.2, -0.15) is 10.5 Å². The fraction of sp³-hybridized carbons (Fsp3) is 0.463. The molecule has 0 heterocycles. The van der Waals surface area contributed by atoms with E-state index in [9.17, 15) is 19.2 Å². The number of carbonyl (C=O) groups excluding carboxylic acids is 4. The van der Waals surface area contributed by atoms with Crippen molar-refractivity contribution >= 4 is 23.9 Å². The van der Waals surface area contributed by atoms with Crippen LogP contribution in [0.2, 0.25) is 0 Å². The van der Waals surface area contributed by atoms with E-state index in [1.165, 1.54) is 38.1 Å². The van der Waals surface area contributed by atoms with Crippen molar-refractivity contribution in [3.8, 4) is 29.0 Å². The molecule has 0 bridgehead atoms. The summed E-state index contributed by atoms with van der Waals surface area (Å²) in [4.78, 5) is 48.8. The van der Waals surface area contributed by atoms with Crippen molar-refractivity contribution in [2.75, 3.05) is 33.0 Å². The lowest BCUT2D eigenvalue weighted by Crippen LogP contribution is -2.44. The van der Waals surface area contributed by atoms with Crippen molar-refractivity contribution in [1.29, 1.82) is 10.5 Å². The Morgan fingerprint density at radius 2 is 1.28 bits per heavy atom. The van der Waals surface area contributed by atoms with Crippen molar-refractivity contribution in [2.45, 2.75) is 85.0 Å². The van der Waals surface area contributed by atoms with E-state index < -0.39 is 80.2 Å². The second-order valence-electron chi connectivity index (χ2n) is 13.1. The molecule has 0 aliphatic rings. The topological polar surface area (TPSA) is 162 Å². The summed E-state index contributed by atoms with van der Waals surface area (Å²) in [6, 6.07) is 10.5. The highest BCUT2D eigenvalue weighted by Gasteiger charge is 2.38. The fourth-order valence-corrected chi connectivity index (χ4v) is 5.12. The van der Waals surface area contributed by atoms with Crippen LogP contribution in [0.3, 0.4) is 0 Å². The molecule has 290 valence electrons. The van der Waals surface area contributed by atoms with E-state index in [2.05, 4.69) is 20.1 Å². The molecule has 0 atom stereocenters. The number of hydrogen-bond acceptors (Lipinski definition) is 11. The number of hydrogen-bond donors (Lipinski definition) is 0. The van der Waals surface area contributed by atoms with Gasteiger partial charge in [-0.05, 0) is 80.5 Å². The van der Waals surface area contributed by atoms with Crippen LogP contribution in [0.15, 0.2) is 54.6 Å². The van der Waals surface area contributed by atoms with Crippen molar-refractivity contribution in [2.24, 2.45) is 5.41 Å². The van der Waals surface area contributed by atoms with Crippen LogP contribution in [0, 0.1) is 39.7 Å². The molecule has 0 aromatic heterocycles. The number of rotatable bonds is 24. The third kappa shape index (κ3) is 15.2. The maximum atomic E-state index is 15.5. The average Bonchev–Trinajstić information content (AvgIpc) is 3.12. The summed E-state index contributed by atoms with van der Waals surface area (Å²) in [5.41, 5.74) is -0.297. The van der Waals surface area contributed by atoms with Crippen LogP contribution < -0.4 is 4.74 Å². The lowest BCUT2D eigenvalue weighted by molar-refractivity contribution is -0.162. The minimum atomic E-state index is -1.56. The van der Waals surface area contributed by atoms with Gasteiger partial charge < -0.3 is 23.7 Å². The predicted molar refractivity (Wildman–Crippen MR) is 194 cm³/mol. The lowest BCUT2D eigenvalue weighted by atomic mass is 9.91. The number of halogens is 2. The van der Waals surface area contributed by atoms with E-state index in [4.69, 9.17) is 34.2 Å². The normalized spacial score (nSPS) is 10.7. The van der Waals surface area contributed by atoms with E-state index in [1.807, 2.05) is 0 Å². The minimum Gasteiger partial charge on any atom is -0.492 e. The Morgan fingerprint density at radius 1 is 0.722 bits per heavy atom. The Bertz CT molecular complexity index is 1690. The first-order chi connectivity index (χ1) is 25.7. The highest BCUT2D eigenvalue weighted by Crippen LogP contribution is 2.34. The molecule has 0 N–H and O–H groups in total. The zero-order chi connectivity index (χ0) is 40.1. The summed E-state index contributed by atoms with van der Waals surface area (Å²) in [5, 5.41) is 17.9. The Kier molecular flexibility index (Phi) is 19.1. The molecule has 0 unspecified atom stereocenters. The van der Waals surface area contributed by atoms with Crippen LogP contribution in [0.25, 0.3) is 11.1 Å². The van der Waals surface area contributed by atoms with Gasteiger partial charge in [-0.1, -0.05) is 51.8 Å². The fourth-order valence-electron chi connectivity index (χ4n) is 5.12. The average molecular weight is 751 g/mol. The molecule has 0 fully saturated rings. The van der Waals surface area contributed by atoms with E-state index in [1.54, 1.807) is 18.2 Å². The maximum absolute atomic E-state index is 15.5. The van der Waals surface area contributed by atoms with Gasteiger partial charge in [-0.15, -0.1) is 0 Å². The molecule has 2 aromatic rings. The van der Waals surface area contributed by atoms with Crippen molar-refractivity contribution < 1.29 is 51.6 Å². The van der Waals surface area contributed by atoms with Gasteiger partial charge in [-0.3, -0.25) is 9.59 Å². The van der Waals surface area contributed by atoms with Crippen LogP contribution >= 0.6 is 0 Å². The number of esters is 4. The zero-order valence-corrected chi connectivity index (χ0v) is 31.2. The van der Waals surface area contributed by atoms with Crippen LogP contribution in [0.5, 0.6) is 5.75 Å². The van der Waals surface area contributed by atoms with Gasteiger partial charge in [-0.25, -0.2) is 18.4 Å². The molecule has 0 radical (unpaired) electrons. The largest absolute Gasteiger partial charge is 0.492 e. The quantitative estimate of drug-likeness (QED) is 0.0450. The second kappa shape index (κ2) is 23.2. The number of benzene rings is 2. The molecule has 0 saturated heterocycles. The Morgan fingerprint density at radius 3 is 1.83 bits per heavy atom. The first-order valence-electron chi connectivity index (χ1n) is 17.7. The molecule has 2 aromatic carbocycles. The van der Waals surface area contributed by atoms with E-state index in [0.717, 1.165) is 32.1 Å². The monoisotopic (exact) mass is 750 g/mol. The second-order valence-corrected chi connectivity index (χ2v) is 13.1. The standard InChI is InChI=1S/C41H48F2N2O9/c1-6-7-8-9-10-12-30-21-33(42)38(34(43)22-30)32-14-15-35(31(23-32)13-11-20-50-39(48)28(2)3)51-24-41(25-52-36(46)16-18-44,26-53-37(47)17-19-45)27-54-40(49)29(4)5/h14-15,21-23H,2,4,6-13,16-17,20,24-27H2,1,3,5H3. The number of nitrogens with zero attached hydrogens (tertiary/aromatic N) is 2. The van der Waals surface area contributed by atoms with Crippen molar-refractivity contribution in [3.63, 3.8) is 0 Å². The van der Waals surface area contributed by atoms with Crippen LogP contribution in [-0.2, 0) is 51.0 Å². The molecule has 11 nitrogen and oxygen atoms in total. The SMILES string of the molecule is C=C(C)C(=O)OCCCc1cc(-c2c(F)cc(CCCCCCC)cc2F)ccc1OCC(COC(=O)CC#N)(COC(=O)CC#N)COC(=O)C(=C)C. The molecule has 0 saturated carbocycles. The third-order valence-electron chi connectivity index (χ3n) is 8.11. The van der Waals surface area contributed by atoms with Gasteiger partial charge in [0.05, 0.1) is 24.3 Å². The van der Waals surface area contributed by atoms with Gasteiger partial charge in [0.25, 0.3) is 0 Å². The number of ether oxygens (including phenoxy) is 5. The highest BCUT2D eigenvalue weighted by molar-refractivity contribution is 5.87. The van der Waals surface area contributed by atoms with Gasteiger partial charge in [0.2, 0.25) is 0 Å². The molecular formula is C41H48F2N2O9. The molecule has 0 aliphatic carbocycles. The highest BCUT2D eigenvalue weighted by atomic mass is 19.1. The first-order valence-corrected chi connectivity index (χ1v) is 17.7. The van der Waals surface area contributed by atoms with Crippen LogP contribution in [0.1, 0.15) is 83.3 Å². The van der Waals surface area contributed by atoms with Crippen LogP contribution in [0.4, 0.5) is 8.78 Å². The van der Waals surface area contributed by atoms with Crippen molar-refractivity contribution in [1.82, 2.24) is 0 Å². The summed E-state index contributed by atoms with van der Waals surface area (Å²) in [6.07, 6.45) is 4.87. The van der Waals surface area contributed by atoms with E-state index >= 15 is 8.78 Å². The zero-order valence-electron chi connectivity index (χ0n) is 31.2. The minimum absolute atomic E-state index is 0.00445. The number of unbranched alkanes of at least 4 members (excludes halogenated alkanes) is 4. The summed E-state index contributed by atoms with van der Waals surface area (Å²) in [5.74, 6) is -4.45. The Hall–Kier alpha value is -5.56. The Balaban J connectivity index is 2.52. The number of carbonyl (C=O) groups is 4. The summed E-state index contributed by atoms with van der Waals surface area (Å²) in [6.45, 7) is 10.1. The van der Waals surface area contributed by atoms with Gasteiger partial charge in [0.15, 0.2) is 0 Å². The molecule has 0 aliphatic heterocycles. The lowest BCUT2D eigenvalue weighted by Gasteiger charge is -2.32. The molecule has 13 heteroatoms.